The lowest BCUT2D eigenvalue weighted by atomic mass is 9.77. The zero-order chi connectivity index (χ0) is 11.9. The van der Waals surface area contributed by atoms with E-state index in [1.807, 2.05) is 7.11 Å². The Labute approximate surface area is 107 Å². The lowest BCUT2D eigenvalue weighted by Crippen LogP contribution is -2.19. The highest BCUT2D eigenvalue weighted by molar-refractivity contribution is 4.74. The zero-order valence-electron chi connectivity index (χ0n) is 11.6. The molecule has 2 aliphatic rings. The molecule has 1 heteroatoms. The van der Waals surface area contributed by atoms with Gasteiger partial charge in [0.15, 0.2) is 0 Å². The summed E-state index contributed by atoms with van der Waals surface area (Å²) in [5, 5.41) is 0. The van der Waals surface area contributed by atoms with Gasteiger partial charge in [0.1, 0.15) is 0 Å². The summed E-state index contributed by atoms with van der Waals surface area (Å²) in [6, 6.07) is 0. The number of hydrogen-bond donors (Lipinski definition) is 0. The summed E-state index contributed by atoms with van der Waals surface area (Å²) >= 11 is 0. The van der Waals surface area contributed by atoms with E-state index in [0.717, 1.165) is 24.4 Å². The van der Waals surface area contributed by atoms with Crippen molar-refractivity contribution in [2.45, 2.75) is 70.6 Å². The predicted octanol–water partition coefficient (Wildman–Crippen LogP) is 4.80. The van der Waals surface area contributed by atoms with Crippen LogP contribution in [0.15, 0.2) is 0 Å². The molecule has 0 spiro atoms. The van der Waals surface area contributed by atoms with Crippen molar-refractivity contribution in [1.82, 2.24) is 0 Å². The van der Waals surface area contributed by atoms with Crippen molar-refractivity contribution in [2.24, 2.45) is 17.8 Å². The largest absolute Gasteiger partial charge is 0.384 e. The maximum absolute atomic E-state index is 5.27. The summed E-state index contributed by atoms with van der Waals surface area (Å²) in [4.78, 5) is 0. The smallest absolute Gasteiger partial charge is 0.0490 e. The van der Waals surface area contributed by atoms with E-state index in [2.05, 4.69) is 0 Å². The van der Waals surface area contributed by atoms with Gasteiger partial charge in [-0.3, -0.25) is 0 Å². The van der Waals surface area contributed by atoms with Crippen LogP contribution >= 0.6 is 0 Å². The molecule has 0 saturated heterocycles. The molecule has 2 saturated carbocycles. The van der Waals surface area contributed by atoms with E-state index in [-0.39, 0.29) is 0 Å². The highest BCUT2D eigenvalue weighted by atomic mass is 16.5. The summed E-state index contributed by atoms with van der Waals surface area (Å²) in [5.74, 6) is 3.00. The third-order valence-electron chi connectivity index (χ3n) is 5.08. The molecule has 0 amide bonds. The van der Waals surface area contributed by atoms with Crippen molar-refractivity contribution in [1.29, 1.82) is 0 Å². The molecule has 0 aromatic heterocycles. The van der Waals surface area contributed by atoms with Gasteiger partial charge in [-0.2, -0.15) is 0 Å². The molecule has 1 nitrogen and oxygen atoms in total. The first kappa shape index (κ1) is 13.4. The second-order valence-electron chi connectivity index (χ2n) is 6.42. The molecule has 2 fully saturated rings. The lowest BCUT2D eigenvalue weighted by Gasteiger charge is -2.30. The van der Waals surface area contributed by atoms with Gasteiger partial charge in [0.2, 0.25) is 0 Å². The van der Waals surface area contributed by atoms with Crippen LogP contribution in [0.1, 0.15) is 70.6 Å². The Bertz CT molecular complexity index is 188. The average molecular weight is 238 g/mol. The number of rotatable bonds is 5. The molecule has 0 bridgehead atoms. The summed E-state index contributed by atoms with van der Waals surface area (Å²) in [6.45, 7) is 0.995. The van der Waals surface area contributed by atoms with Crippen LogP contribution in [-0.4, -0.2) is 13.7 Å². The average Bonchev–Trinajstić information content (AvgIpc) is 2.40. The van der Waals surface area contributed by atoms with Gasteiger partial charge in [-0.15, -0.1) is 0 Å². The maximum Gasteiger partial charge on any atom is 0.0490 e. The van der Waals surface area contributed by atoms with Gasteiger partial charge in [0.25, 0.3) is 0 Å². The summed E-state index contributed by atoms with van der Waals surface area (Å²) in [5.41, 5.74) is 0. The molecular weight excluding hydrogens is 208 g/mol. The molecule has 0 aromatic carbocycles. The zero-order valence-corrected chi connectivity index (χ0v) is 11.6. The Morgan fingerprint density at radius 1 is 0.706 bits per heavy atom. The second kappa shape index (κ2) is 7.41. The van der Waals surface area contributed by atoms with Gasteiger partial charge in [-0.25, -0.2) is 0 Å². The quantitative estimate of drug-likeness (QED) is 0.668. The normalized spacial score (nSPS) is 31.6. The van der Waals surface area contributed by atoms with Gasteiger partial charge in [0.05, 0.1) is 0 Å². The Balaban J connectivity index is 1.57. The van der Waals surface area contributed by atoms with Gasteiger partial charge < -0.3 is 4.74 Å². The topological polar surface area (TPSA) is 9.23 Å². The second-order valence-corrected chi connectivity index (χ2v) is 6.42. The van der Waals surface area contributed by atoms with Crippen molar-refractivity contribution < 1.29 is 4.74 Å². The van der Waals surface area contributed by atoms with Crippen LogP contribution in [0.5, 0.6) is 0 Å². The monoisotopic (exact) mass is 238 g/mol. The third-order valence-corrected chi connectivity index (χ3v) is 5.08. The molecule has 0 aliphatic heterocycles. The van der Waals surface area contributed by atoms with E-state index >= 15 is 0 Å². The number of hydrogen-bond acceptors (Lipinski definition) is 1. The fourth-order valence-corrected chi connectivity index (χ4v) is 3.87. The molecule has 0 aromatic rings. The summed E-state index contributed by atoms with van der Waals surface area (Å²) in [6.07, 6.45) is 16.4. The number of ether oxygens (including phenoxy) is 1. The Hall–Kier alpha value is -0.0400. The molecule has 0 atom stereocenters. The standard InChI is InChI=1S/C16H30O/c1-17-13-16-11-9-15(10-12-16)8-7-14-5-3-2-4-6-14/h14-16H,2-13H2,1H3/t15-,16-. The first-order chi connectivity index (χ1) is 8.38. The van der Waals surface area contributed by atoms with Gasteiger partial charge in [-0.05, 0) is 30.6 Å². The minimum Gasteiger partial charge on any atom is -0.384 e. The fraction of sp³-hybridized carbons (Fsp3) is 1.00. The van der Waals surface area contributed by atoms with Crippen LogP contribution in [0.4, 0.5) is 0 Å². The molecular formula is C16H30O. The molecule has 2 aliphatic carbocycles. The van der Waals surface area contributed by atoms with Crippen molar-refractivity contribution in [2.75, 3.05) is 13.7 Å². The minimum atomic E-state index is 0.867. The first-order valence-electron chi connectivity index (χ1n) is 7.87. The number of methoxy groups -OCH3 is 1. The van der Waals surface area contributed by atoms with Gasteiger partial charge in [0, 0.05) is 13.7 Å². The highest BCUT2D eigenvalue weighted by Crippen LogP contribution is 2.35. The fourth-order valence-electron chi connectivity index (χ4n) is 3.87. The van der Waals surface area contributed by atoms with Crippen LogP contribution < -0.4 is 0 Å². The Morgan fingerprint density at radius 3 is 1.82 bits per heavy atom. The molecule has 17 heavy (non-hydrogen) atoms. The van der Waals surface area contributed by atoms with Crippen LogP contribution in [0.2, 0.25) is 0 Å². The van der Waals surface area contributed by atoms with Crippen molar-refractivity contribution in [3.05, 3.63) is 0 Å². The van der Waals surface area contributed by atoms with E-state index < -0.39 is 0 Å². The van der Waals surface area contributed by atoms with Crippen molar-refractivity contribution in [3.8, 4) is 0 Å². The summed E-state index contributed by atoms with van der Waals surface area (Å²) < 4.78 is 5.27. The predicted molar refractivity (Wildman–Crippen MR) is 73.1 cm³/mol. The van der Waals surface area contributed by atoms with Crippen LogP contribution in [0.25, 0.3) is 0 Å². The molecule has 0 radical (unpaired) electrons. The molecule has 100 valence electrons. The molecule has 2 rings (SSSR count). The SMILES string of the molecule is COC[C@H]1CC[C@H](CCC2CCCCC2)CC1. The molecule has 0 N–H and O–H groups in total. The van der Waals surface area contributed by atoms with Gasteiger partial charge >= 0.3 is 0 Å². The molecule has 0 unspecified atom stereocenters. The van der Waals surface area contributed by atoms with Crippen molar-refractivity contribution >= 4 is 0 Å². The maximum atomic E-state index is 5.27. The van der Waals surface area contributed by atoms with E-state index in [1.165, 1.54) is 70.6 Å². The van der Waals surface area contributed by atoms with E-state index in [4.69, 9.17) is 4.74 Å². The first-order valence-corrected chi connectivity index (χ1v) is 7.87. The minimum absolute atomic E-state index is 0.867. The third kappa shape index (κ3) is 4.62. The van der Waals surface area contributed by atoms with Gasteiger partial charge in [-0.1, -0.05) is 57.8 Å². The molecule has 0 heterocycles. The van der Waals surface area contributed by atoms with E-state index in [9.17, 15) is 0 Å². The van der Waals surface area contributed by atoms with Crippen LogP contribution in [0.3, 0.4) is 0 Å². The van der Waals surface area contributed by atoms with Crippen molar-refractivity contribution in [3.63, 3.8) is 0 Å². The summed E-state index contributed by atoms with van der Waals surface area (Å²) in [7, 11) is 1.84. The van der Waals surface area contributed by atoms with E-state index in [0.29, 0.717) is 0 Å². The van der Waals surface area contributed by atoms with E-state index in [1.54, 1.807) is 0 Å². The lowest BCUT2D eigenvalue weighted by molar-refractivity contribution is 0.115. The Morgan fingerprint density at radius 2 is 1.24 bits per heavy atom. The highest BCUT2D eigenvalue weighted by Gasteiger charge is 2.22. The van der Waals surface area contributed by atoms with Crippen LogP contribution in [-0.2, 0) is 4.74 Å². The Kier molecular flexibility index (Phi) is 5.84. The van der Waals surface area contributed by atoms with Crippen LogP contribution in [0, 0.1) is 17.8 Å².